The molecule has 0 fully saturated rings. The highest BCUT2D eigenvalue weighted by atomic mass is 127. The maximum absolute atomic E-state index is 14.0. The number of fused-ring (bicyclic) bond motifs is 1. The Balaban J connectivity index is 1.80. The van der Waals surface area contributed by atoms with E-state index in [4.69, 9.17) is 19.2 Å². The number of carbonyl (C=O) groups is 1. The van der Waals surface area contributed by atoms with Crippen molar-refractivity contribution in [2.24, 2.45) is 4.99 Å². The van der Waals surface area contributed by atoms with Crippen LogP contribution in [-0.4, -0.2) is 31.4 Å². The molecule has 0 saturated carbocycles. The molecule has 0 saturated heterocycles. The smallest absolute Gasteiger partial charge is 0.338 e. The van der Waals surface area contributed by atoms with E-state index in [1.807, 2.05) is 78.9 Å². The Bertz CT molecular complexity index is 1740. The minimum absolute atomic E-state index is 0.203. The summed E-state index contributed by atoms with van der Waals surface area (Å²) < 4.78 is 19.4. The maximum atomic E-state index is 14.0. The molecule has 0 unspecified atom stereocenters. The predicted octanol–water partition coefficient (Wildman–Crippen LogP) is 4.56. The monoisotopic (exact) mass is 652 g/mol. The Hall–Kier alpha value is -3.70. The quantitative estimate of drug-likeness (QED) is 0.216. The number of nitrogens with zero attached hydrogens (tertiary/aromatic N) is 2. The van der Waals surface area contributed by atoms with Gasteiger partial charge in [-0.15, -0.1) is 0 Å². The zero-order valence-electron chi connectivity index (χ0n) is 21.5. The normalized spacial score (nSPS) is 15.0. The van der Waals surface area contributed by atoms with E-state index in [1.165, 1.54) is 11.3 Å². The molecule has 0 aliphatic carbocycles. The van der Waals surface area contributed by atoms with Gasteiger partial charge in [-0.25, -0.2) is 9.79 Å². The molecule has 1 aromatic heterocycles. The average molecular weight is 653 g/mol. The van der Waals surface area contributed by atoms with Gasteiger partial charge in [0.25, 0.3) is 5.56 Å². The number of methoxy groups -OCH3 is 2. The highest BCUT2D eigenvalue weighted by Crippen LogP contribution is 2.36. The molecule has 0 radical (unpaired) electrons. The Morgan fingerprint density at radius 1 is 1.05 bits per heavy atom. The molecular formula is C30H25IN2O5S. The Kier molecular flexibility index (Phi) is 7.99. The SMILES string of the molecule is CCOC(=O)C1=C(c2ccccc2)N=c2s/c(=C\c3cc(I)c(OC)c(OC)c3)c(=O)n2[C@H]1c1ccccc1. The van der Waals surface area contributed by atoms with Crippen LogP contribution in [0.2, 0.25) is 0 Å². The molecule has 3 aromatic carbocycles. The van der Waals surface area contributed by atoms with E-state index in [1.54, 1.807) is 25.7 Å². The molecule has 39 heavy (non-hydrogen) atoms. The standard InChI is InChI=1S/C30H25IN2O5S/c1-4-38-29(35)24-25(19-11-7-5-8-12-19)32-30-33(26(24)20-13-9-6-10-14-20)28(34)23(39-30)17-18-15-21(31)27(37-3)22(16-18)36-2/h5-17,26H,4H2,1-3H3/b23-17-/t26-/m0/s1. The fourth-order valence-electron chi connectivity index (χ4n) is 4.56. The van der Waals surface area contributed by atoms with Gasteiger partial charge in [0.15, 0.2) is 16.3 Å². The number of rotatable bonds is 7. The van der Waals surface area contributed by atoms with Crippen LogP contribution in [0, 0.1) is 3.57 Å². The topological polar surface area (TPSA) is 79.1 Å². The first-order chi connectivity index (χ1) is 19.0. The van der Waals surface area contributed by atoms with Gasteiger partial charge in [-0.1, -0.05) is 72.0 Å². The molecule has 1 atom stereocenters. The lowest BCUT2D eigenvalue weighted by atomic mass is 9.93. The molecule has 5 rings (SSSR count). The second kappa shape index (κ2) is 11.6. The Morgan fingerprint density at radius 2 is 1.74 bits per heavy atom. The van der Waals surface area contributed by atoms with E-state index in [2.05, 4.69) is 22.6 Å². The van der Waals surface area contributed by atoms with Crippen LogP contribution in [0.25, 0.3) is 11.8 Å². The van der Waals surface area contributed by atoms with Crippen molar-refractivity contribution in [2.75, 3.05) is 20.8 Å². The van der Waals surface area contributed by atoms with Gasteiger partial charge >= 0.3 is 5.97 Å². The number of halogens is 1. The fraction of sp³-hybridized carbons (Fsp3) is 0.167. The van der Waals surface area contributed by atoms with Gasteiger partial charge in [0.05, 0.1) is 46.2 Å². The molecule has 1 aliphatic heterocycles. The van der Waals surface area contributed by atoms with Crippen LogP contribution >= 0.6 is 33.9 Å². The molecule has 0 N–H and O–H groups in total. The van der Waals surface area contributed by atoms with Gasteiger partial charge in [0.1, 0.15) is 0 Å². The van der Waals surface area contributed by atoms with Crippen LogP contribution < -0.4 is 24.4 Å². The summed E-state index contributed by atoms with van der Waals surface area (Å²) in [5.41, 5.74) is 2.92. The van der Waals surface area contributed by atoms with Crippen molar-refractivity contribution in [3.63, 3.8) is 0 Å². The second-order valence-corrected chi connectivity index (χ2v) is 10.8. The van der Waals surface area contributed by atoms with E-state index in [0.717, 1.165) is 20.3 Å². The fourth-order valence-corrected chi connectivity index (χ4v) is 6.41. The van der Waals surface area contributed by atoms with Crippen molar-refractivity contribution in [1.82, 2.24) is 4.57 Å². The third-order valence-corrected chi connectivity index (χ3v) is 8.03. The zero-order valence-corrected chi connectivity index (χ0v) is 24.5. The van der Waals surface area contributed by atoms with Gasteiger partial charge in [-0.3, -0.25) is 9.36 Å². The number of benzene rings is 3. The summed E-state index contributed by atoms with van der Waals surface area (Å²) in [6.07, 6.45) is 1.81. The largest absolute Gasteiger partial charge is 0.493 e. The first kappa shape index (κ1) is 26.9. The van der Waals surface area contributed by atoms with Crippen LogP contribution in [0.5, 0.6) is 11.5 Å². The van der Waals surface area contributed by atoms with E-state index in [9.17, 15) is 9.59 Å². The van der Waals surface area contributed by atoms with E-state index < -0.39 is 12.0 Å². The van der Waals surface area contributed by atoms with Crippen molar-refractivity contribution in [3.05, 3.63) is 118 Å². The van der Waals surface area contributed by atoms with Gasteiger partial charge < -0.3 is 14.2 Å². The molecule has 2 heterocycles. The number of hydrogen-bond acceptors (Lipinski definition) is 7. The average Bonchev–Trinajstić information content (AvgIpc) is 3.27. The first-order valence-electron chi connectivity index (χ1n) is 12.2. The molecule has 9 heteroatoms. The van der Waals surface area contributed by atoms with Gasteiger partial charge in [0.2, 0.25) is 0 Å². The molecule has 0 bridgehead atoms. The van der Waals surface area contributed by atoms with Crippen molar-refractivity contribution in [1.29, 1.82) is 0 Å². The van der Waals surface area contributed by atoms with Crippen LogP contribution in [0.15, 0.2) is 88.2 Å². The Labute approximate surface area is 242 Å². The third-order valence-electron chi connectivity index (χ3n) is 6.24. The molecule has 198 valence electrons. The highest BCUT2D eigenvalue weighted by Gasteiger charge is 2.35. The summed E-state index contributed by atoms with van der Waals surface area (Å²) in [4.78, 5) is 32.8. The number of ether oxygens (including phenoxy) is 3. The van der Waals surface area contributed by atoms with Crippen molar-refractivity contribution < 1.29 is 19.0 Å². The highest BCUT2D eigenvalue weighted by molar-refractivity contribution is 14.1. The summed E-state index contributed by atoms with van der Waals surface area (Å²) in [6.45, 7) is 1.96. The minimum atomic E-state index is -0.704. The van der Waals surface area contributed by atoms with Gasteiger partial charge in [0, 0.05) is 5.56 Å². The Morgan fingerprint density at radius 3 is 2.38 bits per heavy atom. The lowest BCUT2D eigenvalue weighted by Crippen LogP contribution is -2.40. The number of hydrogen-bond donors (Lipinski definition) is 0. The molecular weight excluding hydrogens is 627 g/mol. The molecule has 0 amide bonds. The van der Waals surface area contributed by atoms with Crippen LogP contribution in [0.1, 0.15) is 29.7 Å². The lowest BCUT2D eigenvalue weighted by Gasteiger charge is -2.25. The predicted molar refractivity (Wildman–Crippen MR) is 160 cm³/mol. The van der Waals surface area contributed by atoms with Crippen molar-refractivity contribution in [2.45, 2.75) is 13.0 Å². The van der Waals surface area contributed by atoms with Gasteiger partial charge in [-0.05, 0) is 58.9 Å². The molecule has 0 spiro atoms. The summed E-state index contributed by atoms with van der Waals surface area (Å²) in [6, 6.07) is 22.0. The summed E-state index contributed by atoms with van der Waals surface area (Å²) in [7, 11) is 3.17. The maximum Gasteiger partial charge on any atom is 0.338 e. The second-order valence-electron chi connectivity index (χ2n) is 8.58. The van der Waals surface area contributed by atoms with E-state index in [0.29, 0.717) is 32.1 Å². The number of aromatic nitrogens is 1. The first-order valence-corrected chi connectivity index (χ1v) is 14.1. The van der Waals surface area contributed by atoms with E-state index in [-0.39, 0.29) is 12.2 Å². The van der Waals surface area contributed by atoms with Crippen LogP contribution in [0.4, 0.5) is 0 Å². The van der Waals surface area contributed by atoms with Crippen molar-refractivity contribution in [3.8, 4) is 11.5 Å². The minimum Gasteiger partial charge on any atom is -0.493 e. The summed E-state index contributed by atoms with van der Waals surface area (Å²) >= 11 is 3.46. The van der Waals surface area contributed by atoms with Crippen LogP contribution in [0.3, 0.4) is 0 Å². The molecule has 7 nitrogen and oxygen atoms in total. The third kappa shape index (κ3) is 5.16. The molecule has 4 aromatic rings. The van der Waals surface area contributed by atoms with E-state index >= 15 is 0 Å². The van der Waals surface area contributed by atoms with Crippen molar-refractivity contribution >= 4 is 51.7 Å². The van der Waals surface area contributed by atoms with Crippen LogP contribution in [-0.2, 0) is 9.53 Å². The number of carbonyl (C=O) groups excluding carboxylic acids is 1. The summed E-state index contributed by atoms with van der Waals surface area (Å²) in [5.74, 6) is 0.701. The number of esters is 1. The number of thiazole rings is 1. The van der Waals surface area contributed by atoms with Gasteiger partial charge in [-0.2, -0.15) is 0 Å². The summed E-state index contributed by atoms with van der Waals surface area (Å²) in [5, 5.41) is 0. The zero-order chi connectivity index (χ0) is 27.5. The lowest BCUT2D eigenvalue weighted by molar-refractivity contribution is -0.138. The molecule has 1 aliphatic rings.